The fourth-order valence-corrected chi connectivity index (χ4v) is 3.01. The smallest absolute Gasteiger partial charge is 0.329 e. The summed E-state index contributed by atoms with van der Waals surface area (Å²) in [6, 6.07) is 15.3. The Kier molecular flexibility index (Phi) is 9.06. The molecule has 2 rings (SSSR count). The van der Waals surface area contributed by atoms with E-state index in [1.165, 1.54) is 0 Å². The molecule has 0 heterocycles. The second-order valence-electron chi connectivity index (χ2n) is 7.73. The van der Waals surface area contributed by atoms with Crippen molar-refractivity contribution in [1.82, 2.24) is 10.6 Å². The van der Waals surface area contributed by atoms with Crippen molar-refractivity contribution in [2.24, 2.45) is 5.92 Å². The van der Waals surface area contributed by atoms with Crippen LogP contribution >= 0.6 is 0 Å². The molecule has 0 aromatic heterocycles. The van der Waals surface area contributed by atoms with Gasteiger partial charge in [-0.3, -0.25) is 4.79 Å². The lowest BCUT2D eigenvalue weighted by atomic mass is 10.0. The van der Waals surface area contributed by atoms with Crippen LogP contribution in [0.3, 0.4) is 0 Å². The maximum absolute atomic E-state index is 12.5. The van der Waals surface area contributed by atoms with Gasteiger partial charge in [0.05, 0.1) is 6.04 Å². The van der Waals surface area contributed by atoms with Gasteiger partial charge in [-0.2, -0.15) is 0 Å². The van der Waals surface area contributed by atoms with Crippen LogP contribution in [0.5, 0.6) is 0 Å². The zero-order valence-corrected chi connectivity index (χ0v) is 18.5. The van der Waals surface area contributed by atoms with Crippen LogP contribution in [0.1, 0.15) is 44.4 Å². The minimum Gasteiger partial charge on any atom is -0.454 e. The SMILES string of the molecule is CC[C@H](NC(=O)COC(=O)[C@@H](NC(=O)Nc1ccccc1)C(C)C)c1ccc(C)cc1. The van der Waals surface area contributed by atoms with Crippen LogP contribution in [0.15, 0.2) is 54.6 Å². The molecule has 7 nitrogen and oxygen atoms in total. The van der Waals surface area contributed by atoms with Crippen LogP contribution in [-0.2, 0) is 14.3 Å². The Morgan fingerprint density at radius 2 is 1.58 bits per heavy atom. The Hall–Kier alpha value is -3.35. The summed E-state index contributed by atoms with van der Waals surface area (Å²) in [4.78, 5) is 37.0. The molecule has 0 saturated heterocycles. The summed E-state index contributed by atoms with van der Waals surface area (Å²) in [5, 5.41) is 8.16. The van der Waals surface area contributed by atoms with Gasteiger partial charge in [0.15, 0.2) is 6.61 Å². The molecule has 3 amide bonds. The summed E-state index contributed by atoms with van der Waals surface area (Å²) >= 11 is 0. The highest BCUT2D eigenvalue weighted by atomic mass is 16.5. The third-order valence-electron chi connectivity index (χ3n) is 4.81. The molecule has 2 aromatic rings. The number of aryl methyl sites for hydroxylation is 1. The average Bonchev–Trinajstić information content (AvgIpc) is 2.75. The molecule has 0 aliphatic carbocycles. The normalized spacial score (nSPS) is 12.5. The molecule has 0 aliphatic heterocycles. The zero-order valence-electron chi connectivity index (χ0n) is 18.5. The highest BCUT2D eigenvalue weighted by molar-refractivity contribution is 5.93. The number of carbonyl (C=O) groups excluding carboxylic acids is 3. The number of esters is 1. The van der Waals surface area contributed by atoms with Crippen molar-refractivity contribution in [2.75, 3.05) is 11.9 Å². The largest absolute Gasteiger partial charge is 0.454 e. The number of hydrogen-bond acceptors (Lipinski definition) is 4. The lowest BCUT2D eigenvalue weighted by molar-refractivity contribution is -0.151. The molecule has 0 radical (unpaired) electrons. The van der Waals surface area contributed by atoms with Crippen LogP contribution in [0.4, 0.5) is 10.5 Å². The molecule has 166 valence electrons. The molecular formula is C24H31N3O4. The molecule has 0 spiro atoms. The van der Waals surface area contributed by atoms with E-state index in [9.17, 15) is 14.4 Å². The van der Waals surface area contributed by atoms with Crippen molar-refractivity contribution in [3.05, 3.63) is 65.7 Å². The number of carbonyl (C=O) groups is 3. The van der Waals surface area contributed by atoms with E-state index in [2.05, 4.69) is 16.0 Å². The van der Waals surface area contributed by atoms with E-state index in [0.717, 1.165) is 11.1 Å². The maximum Gasteiger partial charge on any atom is 0.329 e. The first kappa shape index (κ1) is 23.9. The zero-order chi connectivity index (χ0) is 22.8. The summed E-state index contributed by atoms with van der Waals surface area (Å²) in [5.74, 6) is -1.26. The number of anilines is 1. The summed E-state index contributed by atoms with van der Waals surface area (Å²) < 4.78 is 5.19. The van der Waals surface area contributed by atoms with E-state index in [1.54, 1.807) is 38.1 Å². The molecule has 0 fully saturated rings. The topological polar surface area (TPSA) is 96.5 Å². The van der Waals surface area contributed by atoms with Gasteiger partial charge in [0.25, 0.3) is 5.91 Å². The summed E-state index contributed by atoms with van der Waals surface area (Å²) in [6.45, 7) is 7.15. The lowest BCUT2D eigenvalue weighted by Crippen LogP contribution is -2.47. The third kappa shape index (κ3) is 7.77. The minimum atomic E-state index is -0.879. The lowest BCUT2D eigenvalue weighted by Gasteiger charge is -2.22. The number of benzene rings is 2. The van der Waals surface area contributed by atoms with Crippen molar-refractivity contribution in [3.63, 3.8) is 0 Å². The number of ether oxygens (including phenoxy) is 1. The Morgan fingerprint density at radius 3 is 2.16 bits per heavy atom. The van der Waals surface area contributed by atoms with Crippen LogP contribution < -0.4 is 16.0 Å². The monoisotopic (exact) mass is 425 g/mol. The summed E-state index contributed by atoms with van der Waals surface area (Å²) in [5.41, 5.74) is 2.74. The van der Waals surface area contributed by atoms with Crippen molar-refractivity contribution < 1.29 is 19.1 Å². The number of para-hydroxylation sites is 1. The molecule has 0 unspecified atom stereocenters. The van der Waals surface area contributed by atoms with E-state index >= 15 is 0 Å². The van der Waals surface area contributed by atoms with Crippen molar-refractivity contribution in [2.45, 2.75) is 46.2 Å². The highest BCUT2D eigenvalue weighted by Crippen LogP contribution is 2.17. The van der Waals surface area contributed by atoms with Crippen molar-refractivity contribution in [3.8, 4) is 0 Å². The third-order valence-corrected chi connectivity index (χ3v) is 4.81. The second-order valence-corrected chi connectivity index (χ2v) is 7.73. The predicted octanol–water partition coefficient (Wildman–Crippen LogP) is 3.95. The minimum absolute atomic E-state index is 0.164. The van der Waals surface area contributed by atoms with E-state index in [-0.39, 0.29) is 12.0 Å². The van der Waals surface area contributed by atoms with Gasteiger partial charge >= 0.3 is 12.0 Å². The summed E-state index contributed by atoms with van der Waals surface area (Å²) in [7, 11) is 0. The first-order chi connectivity index (χ1) is 14.8. The Balaban J connectivity index is 1.87. The molecule has 31 heavy (non-hydrogen) atoms. The number of amides is 3. The van der Waals surface area contributed by atoms with E-state index in [1.807, 2.05) is 44.2 Å². The molecular weight excluding hydrogens is 394 g/mol. The van der Waals surface area contributed by atoms with Crippen LogP contribution in [-0.4, -0.2) is 30.6 Å². The molecule has 0 bridgehead atoms. The molecule has 0 aliphatic rings. The fourth-order valence-electron chi connectivity index (χ4n) is 3.01. The highest BCUT2D eigenvalue weighted by Gasteiger charge is 2.26. The van der Waals surface area contributed by atoms with Gasteiger partial charge in [-0.05, 0) is 37.0 Å². The molecule has 3 N–H and O–H groups in total. The van der Waals surface area contributed by atoms with Gasteiger partial charge in [-0.15, -0.1) is 0 Å². The van der Waals surface area contributed by atoms with Gasteiger partial charge in [0.2, 0.25) is 0 Å². The number of nitrogens with one attached hydrogen (secondary N) is 3. The van der Waals surface area contributed by atoms with E-state index in [4.69, 9.17) is 4.74 Å². The first-order valence-corrected chi connectivity index (χ1v) is 10.4. The molecule has 2 atom stereocenters. The van der Waals surface area contributed by atoms with Crippen LogP contribution in [0.2, 0.25) is 0 Å². The quantitative estimate of drug-likeness (QED) is 0.530. The molecule has 7 heteroatoms. The fraction of sp³-hybridized carbons (Fsp3) is 0.375. The maximum atomic E-state index is 12.5. The van der Waals surface area contributed by atoms with E-state index < -0.39 is 30.6 Å². The van der Waals surface area contributed by atoms with Crippen molar-refractivity contribution in [1.29, 1.82) is 0 Å². The number of urea groups is 1. The van der Waals surface area contributed by atoms with Gasteiger partial charge in [-0.25, -0.2) is 9.59 Å². The standard InChI is InChI=1S/C24H31N3O4/c1-5-20(18-13-11-17(4)12-14-18)26-21(28)15-31-23(29)22(16(2)3)27-24(30)25-19-9-7-6-8-10-19/h6-14,16,20,22H,5,15H2,1-4H3,(H,26,28)(H2,25,27,30)/t20-,22-/m0/s1. The first-order valence-electron chi connectivity index (χ1n) is 10.4. The van der Waals surface area contributed by atoms with Gasteiger partial charge < -0.3 is 20.7 Å². The number of hydrogen-bond donors (Lipinski definition) is 3. The van der Waals surface area contributed by atoms with Crippen LogP contribution in [0, 0.1) is 12.8 Å². The molecule has 0 saturated carbocycles. The number of rotatable bonds is 9. The summed E-state index contributed by atoms with van der Waals surface area (Å²) in [6.07, 6.45) is 0.707. The predicted molar refractivity (Wildman–Crippen MR) is 121 cm³/mol. The van der Waals surface area contributed by atoms with Gasteiger partial charge in [-0.1, -0.05) is 68.8 Å². The second kappa shape index (κ2) is 11.7. The molecule has 2 aromatic carbocycles. The van der Waals surface area contributed by atoms with E-state index in [0.29, 0.717) is 12.1 Å². The Bertz CT molecular complexity index is 866. The Morgan fingerprint density at radius 1 is 0.935 bits per heavy atom. The average molecular weight is 426 g/mol. The van der Waals surface area contributed by atoms with Crippen molar-refractivity contribution >= 4 is 23.6 Å². The van der Waals surface area contributed by atoms with Gasteiger partial charge in [0.1, 0.15) is 6.04 Å². The van der Waals surface area contributed by atoms with Gasteiger partial charge in [0, 0.05) is 5.69 Å². The Labute approximate surface area is 183 Å². The van der Waals surface area contributed by atoms with Crippen LogP contribution in [0.25, 0.3) is 0 Å².